The molecule has 1 aromatic heterocycles. The van der Waals surface area contributed by atoms with Crippen LogP contribution in [0.15, 0.2) is 64.0 Å². The van der Waals surface area contributed by atoms with Gasteiger partial charge in [0.05, 0.1) is 5.56 Å². The Bertz CT molecular complexity index is 1320. The van der Waals surface area contributed by atoms with Crippen LogP contribution in [0.1, 0.15) is 24.0 Å². The van der Waals surface area contributed by atoms with Gasteiger partial charge in [-0.15, -0.1) is 0 Å². The molecule has 4 aromatic rings. The highest BCUT2D eigenvalue weighted by Gasteiger charge is 2.24. The zero-order chi connectivity index (χ0) is 21.6. The monoisotopic (exact) mass is 406 g/mol. The molecule has 5 N–H and O–H groups in total. The van der Waals surface area contributed by atoms with Crippen LogP contribution in [-0.2, 0) is 0 Å². The average Bonchev–Trinajstić information content (AvgIpc) is 2.70. The van der Waals surface area contributed by atoms with E-state index >= 15 is 0 Å². The standard InChI is InChI=1S/C23H18O7/c1-11(13-4-7-16(25)17(26)8-13)20-18(27)9-19(28)21-22(29)15(10-30-23(20)21)12-2-5-14(24)6-3-12/h2-11,24-28H,1H3. The van der Waals surface area contributed by atoms with E-state index in [2.05, 4.69) is 0 Å². The van der Waals surface area contributed by atoms with Gasteiger partial charge in [-0.25, -0.2) is 0 Å². The van der Waals surface area contributed by atoms with Gasteiger partial charge in [0.15, 0.2) is 11.5 Å². The maximum atomic E-state index is 13.1. The highest BCUT2D eigenvalue weighted by Crippen LogP contribution is 2.42. The largest absolute Gasteiger partial charge is 0.508 e. The second-order valence-corrected chi connectivity index (χ2v) is 7.03. The first-order valence-corrected chi connectivity index (χ1v) is 9.09. The number of phenols is 5. The van der Waals surface area contributed by atoms with E-state index in [4.69, 9.17) is 4.42 Å². The second-order valence-electron chi connectivity index (χ2n) is 7.03. The van der Waals surface area contributed by atoms with Crippen LogP contribution in [0.5, 0.6) is 28.7 Å². The average molecular weight is 406 g/mol. The van der Waals surface area contributed by atoms with E-state index in [-0.39, 0.29) is 45.1 Å². The number of aromatic hydroxyl groups is 5. The molecule has 0 spiro atoms. The van der Waals surface area contributed by atoms with E-state index in [9.17, 15) is 30.3 Å². The molecule has 7 heteroatoms. The normalized spacial score (nSPS) is 12.2. The van der Waals surface area contributed by atoms with Gasteiger partial charge in [0.2, 0.25) is 5.43 Å². The Labute approximate surface area is 170 Å². The summed E-state index contributed by atoms with van der Waals surface area (Å²) in [5, 5.41) is 49.6. The van der Waals surface area contributed by atoms with E-state index in [0.717, 1.165) is 6.07 Å². The van der Waals surface area contributed by atoms with Crippen molar-refractivity contribution in [3.63, 3.8) is 0 Å². The van der Waals surface area contributed by atoms with Gasteiger partial charge in [0.25, 0.3) is 0 Å². The third kappa shape index (κ3) is 3.06. The predicted octanol–water partition coefficient (Wildman–Crippen LogP) is 4.14. The maximum absolute atomic E-state index is 13.1. The van der Waals surface area contributed by atoms with E-state index < -0.39 is 17.1 Å². The smallest absolute Gasteiger partial charge is 0.204 e. The Morgan fingerprint density at radius 3 is 2.17 bits per heavy atom. The van der Waals surface area contributed by atoms with Gasteiger partial charge < -0.3 is 29.9 Å². The fraction of sp³-hybridized carbons (Fsp3) is 0.0870. The molecule has 1 heterocycles. The first-order valence-electron chi connectivity index (χ1n) is 9.09. The van der Waals surface area contributed by atoms with Crippen molar-refractivity contribution in [1.29, 1.82) is 0 Å². The minimum Gasteiger partial charge on any atom is -0.508 e. The molecular weight excluding hydrogens is 388 g/mol. The second kappa shape index (κ2) is 7.04. The van der Waals surface area contributed by atoms with Crippen molar-refractivity contribution in [1.82, 2.24) is 0 Å². The molecule has 0 saturated heterocycles. The summed E-state index contributed by atoms with van der Waals surface area (Å²) < 4.78 is 5.70. The molecular formula is C23H18O7. The van der Waals surface area contributed by atoms with Crippen LogP contribution in [0.3, 0.4) is 0 Å². The molecule has 152 valence electrons. The molecule has 0 aliphatic carbocycles. The lowest BCUT2D eigenvalue weighted by molar-refractivity contribution is 0.403. The van der Waals surface area contributed by atoms with Crippen molar-refractivity contribution in [3.8, 4) is 39.9 Å². The van der Waals surface area contributed by atoms with E-state index in [0.29, 0.717) is 11.1 Å². The molecule has 0 amide bonds. The number of benzene rings is 3. The molecule has 7 nitrogen and oxygen atoms in total. The zero-order valence-electron chi connectivity index (χ0n) is 15.8. The van der Waals surface area contributed by atoms with Crippen molar-refractivity contribution in [3.05, 3.63) is 76.1 Å². The summed E-state index contributed by atoms with van der Waals surface area (Å²) in [6, 6.07) is 11.3. The maximum Gasteiger partial charge on any atom is 0.204 e. The lowest BCUT2D eigenvalue weighted by atomic mass is 9.90. The lowest BCUT2D eigenvalue weighted by Crippen LogP contribution is -2.08. The van der Waals surface area contributed by atoms with Gasteiger partial charge >= 0.3 is 0 Å². The summed E-state index contributed by atoms with van der Waals surface area (Å²) in [5.74, 6) is -1.80. The van der Waals surface area contributed by atoms with Gasteiger partial charge in [-0.05, 0) is 35.4 Å². The van der Waals surface area contributed by atoms with E-state index in [1.165, 1.54) is 30.5 Å². The number of phenolic OH excluding ortho intramolecular Hbond substituents is 5. The summed E-state index contributed by atoms with van der Waals surface area (Å²) in [4.78, 5) is 13.1. The predicted molar refractivity (Wildman–Crippen MR) is 110 cm³/mol. The van der Waals surface area contributed by atoms with Gasteiger partial charge in [-0.2, -0.15) is 0 Å². The van der Waals surface area contributed by atoms with Gasteiger partial charge in [0, 0.05) is 17.5 Å². The summed E-state index contributed by atoms with van der Waals surface area (Å²) >= 11 is 0. The highest BCUT2D eigenvalue weighted by molar-refractivity contribution is 5.91. The molecule has 30 heavy (non-hydrogen) atoms. The third-order valence-electron chi connectivity index (χ3n) is 5.15. The molecule has 4 rings (SSSR count). The van der Waals surface area contributed by atoms with E-state index in [1.54, 1.807) is 25.1 Å². The molecule has 0 radical (unpaired) electrons. The fourth-order valence-electron chi connectivity index (χ4n) is 3.53. The van der Waals surface area contributed by atoms with Gasteiger partial charge in [-0.1, -0.05) is 25.1 Å². The molecule has 0 aliphatic heterocycles. The number of hydrogen-bond donors (Lipinski definition) is 5. The van der Waals surface area contributed by atoms with Crippen molar-refractivity contribution in [2.24, 2.45) is 0 Å². The summed E-state index contributed by atoms with van der Waals surface area (Å²) in [6.07, 6.45) is 1.24. The molecule has 1 unspecified atom stereocenters. The van der Waals surface area contributed by atoms with Crippen molar-refractivity contribution < 1.29 is 29.9 Å². The Hall–Kier alpha value is -4.13. The third-order valence-corrected chi connectivity index (χ3v) is 5.15. The number of hydrogen-bond acceptors (Lipinski definition) is 7. The molecule has 0 aliphatic rings. The van der Waals surface area contributed by atoms with Crippen LogP contribution in [0.4, 0.5) is 0 Å². The summed E-state index contributed by atoms with van der Waals surface area (Å²) in [6.45, 7) is 1.73. The molecule has 1 atom stereocenters. The van der Waals surface area contributed by atoms with Crippen LogP contribution in [-0.4, -0.2) is 25.5 Å². The topological polar surface area (TPSA) is 131 Å². The summed E-state index contributed by atoms with van der Waals surface area (Å²) in [5.41, 5.74) is 1.000. The number of rotatable bonds is 3. The number of fused-ring (bicyclic) bond motifs is 1. The van der Waals surface area contributed by atoms with Crippen LogP contribution < -0.4 is 5.43 Å². The fourth-order valence-corrected chi connectivity index (χ4v) is 3.53. The minimum atomic E-state index is -0.540. The van der Waals surface area contributed by atoms with Crippen molar-refractivity contribution in [2.45, 2.75) is 12.8 Å². The quantitative estimate of drug-likeness (QED) is 0.323. The van der Waals surface area contributed by atoms with Crippen LogP contribution in [0, 0.1) is 0 Å². The first kappa shape index (κ1) is 19.2. The molecule has 0 bridgehead atoms. The van der Waals surface area contributed by atoms with Crippen LogP contribution in [0.2, 0.25) is 0 Å². The van der Waals surface area contributed by atoms with Crippen LogP contribution in [0.25, 0.3) is 22.1 Å². The van der Waals surface area contributed by atoms with E-state index in [1.807, 2.05) is 0 Å². The zero-order valence-corrected chi connectivity index (χ0v) is 15.8. The Balaban J connectivity index is 1.95. The Kier molecular flexibility index (Phi) is 4.50. The molecule has 0 fully saturated rings. The lowest BCUT2D eigenvalue weighted by Gasteiger charge is -2.17. The SMILES string of the molecule is CC(c1ccc(O)c(O)c1)c1c(O)cc(O)c2c(=O)c(-c3ccc(O)cc3)coc12. The Morgan fingerprint density at radius 2 is 1.50 bits per heavy atom. The van der Waals surface area contributed by atoms with Gasteiger partial charge in [0.1, 0.15) is 34.5 Å². The molecule has 0 saturated carbocycles. The molecule has 3 aromatic carbocycles. The van der Waals surface area contributed by atoms with Gasteiger partial charge in [-0.3, -0.25) is 4.79 Å². The highest BCUT2D eigenvalue weighted by atomic mass is 16.3. The van der Waals surface area contributed by atoms with Crippen LogP contribution >= 0.6 is 0 Å². The Morgan fingerprint density at radius 1 is 0.800 bits per heavy atom. The summed E-state index contributed by atoms with van der Waals surface area (Å²) in [7, 11) is 0. The van der Waals surface area contributed by atoms with Crippen molar-refractivity contribution in [2.75, 3.05) is 0 Å². The minimum absolute atomic E-state index is 0.0140. The van der Waals surface area contributed by atoms with Crippen molar-refractivity contribution >= 4 is 11.0 Å². The first-order chi connectivity index (χ1) is 14.3.